The molecule has 1 aromatic carbocycles. The van der Waals surface area contributed by atoms with Gasteiger partial charge in [-0.1, -0.05) is 70.7 Å². The molecule has 0 fully saturated rings. The fraction of sp³-hybridized carbons (Fsp3) is 0.542. The Kier molecular flexibility index (Phi) is 9.67. The lowest BCUT2D eigenvalue weighted by Crippen LogP contribution is -2.12. The number of benzene rings is 1. The van der Waals surface area contributed by atoms with E-state index in [1.807, 2.05) is 6.92 Å². The van der Waals surface area contributed by atoms with Crippen molar-refractivity contribution in [3.63, 3.8) is 0 Å². The molecular weight excluding hydrogens is 348 g/mol. The normalized spacial score (nSPS) is 12.0. The van der Waals surface area contributed by atoms with E-state index in [4.69, 9.17) is 4.74 Å². The highest BCUT2D eigenvalue weighted by molar-refractivity contribution is 5.88. The third-order valence-electron chi connectivity index (χ3n) is 4.99. The van der Waals surface area contributed by atoms with Crippen LogP contribution in [0, 0.1) is 0 Å². The highest BCUT2D eigenvalue weighted by Crippen LogP contribution is 2.23. The zero-order valence-electron chi connectivity index (χ0n) is 17.6. The van der Waals surface area contributed by atoms with Gasteiger partial charge in [0.05, 0.1) is 5.56 Å². The predicted molar refractivity (Wildman–Crippen MR) is 113 cm³/mol. The van der Waals surface area contributed by atoms with Crippen molar-refractivity contribution in [2.75, 3.05) is 0 Å². The van der Waals surface area contributed by atoms with Gasteiger partial charge in [-0.15, -0.1) is 0 Å². The number of hydrogen-bond acceptors (Lipinski definition) is 4. The van der Waals surface area contributed by atoms with Crippen molar-refractivity contribution in [3.8, 4) is 0 Å². The zero-order chi connectivity index (χ0) is 20.2. The van der Waals surface area contributed by atoms with Crippen molar-refractivity contribution in [3.05, 3.63) is 59.2 Å². The molecule has 4 nitrogen and oxygen atoms in total. The number of unbranched alkanes of at least 4 members (excludes halogenated alkanes) is 4. The van der Waals surface area contributed by atoms with Crippen LogP contribution in [-0.4, -0.2) is 15.9 Å². The van der Waals surface area contributed by atoms with E-state index in [2.05, 4.69) is 48.1 Å². The quantitative estimate of drug-likeness (QED) is 0.321. The van der Waals surface area contributed by atoms with Crippen LogP contribution in [0.1, 0.15) is 99.1 Å². The second kappa shape index (κ2) is 12.3. The van der Waals surface area contributed by atoms with E-state index in [-0.39, 0.29) is 12.1 Å². The lowest BCUT2D eigenvalue weighted by molar-refractivity contribution is 0.0286. The average Bonchev–Trinajstić information content (AvgIpc) is 2.74. The van der Waals surface area contributed by atoms with Gasteiger partial charge in [-0.2, -0.15) is 0 Å². The molecule has 0 aliphatic carbocycles. The van der Waals surface area contributed by atoms with Gasteiger partial charge in [0, 0.05) is 18.8 Å². The Hall–Kier alpha value is -2.23. The van der Waals surface area contributed by atoms with Crippen LogP contribution in [0.4, 0.5) is 0 Å². The van der Waals surface area contributed by atoms with Gasteiger partial charge >= 0.3 is 5.97 Å². The lowest BCUT2D eigenvalue weighted by atomic mass is 10.0. The molecule has 152 valence electrons. The first-order chi connectivity index (χ1) is 13.7. The van der Waals surface area contributed by atoms with Crippen molar-refractivity contribution < 1.29 is 9.53 Å². The maximum absolute atomic E-state index is 12.5. The van der Waals surface area contributed by atoms with Gasteiger partial charge in [0.2, 0.25) is 0 Å². The highest BCUT2D eigenvalue weighted by Gasteiger charge is 2.17. The molecule has 1 atom stereocenters. The Balaban J connectivity index is 1.92. The fourth-order valence-electron chi connectivity index (χ4n) is 3.16. The molecule has 0 spiro atoms. The first kappa shape index (κ1) is 22.1. The average molecular weight is 383 g/mol. The number of esters is 1. The summed E-state index contributed by atoms with van der Waals surface area (Å²) in [6.07, 6.45) is 12.7. The van der Waals surface area contributed by atoms with Crippen molar-refractivity contribution in [1.29, 1.82) is 0 Å². The summed E-state index contributed by atoms with van der Waals surface area (Å²) in [5, 5.41) is 0. The molecule has 0 saturated heterocycles. The number of rotatable bonds is 12. The second-order valence-electron chi connectivity index (χ2n) is 7.35. The minimum absolute atomic E-state index is 0.249. The first-order valence-electron chi connectivity index (χ1n) is 10.8. The molecule has 2 aromatic rings. The molecule has 1 heterocycles. The summed E-state index contributed by atoms with van der Waals surface area (Å²) in [4.78, 5) is 21.2. The predicted octanol–water partition coefficient (Wildman–Crippen LogP) is 6.25. The molecular formula is C24H34N2O2. The number of hydrogen-bond donors (Lipinski definition) is 0. The SMILES string of the molecule is CCCCCCc1ncc(C(=O)OC(CC)c2ccc(CCCC)cc2)cn1. The third-order valence-corrected chi connectivity index (χ3v) is 4.99. The van der Waals surface area contributed by atoms with Gasteiger partial charge in [-0.3, -0.25) is 0 Å². The minimum Gasteiger partial charge on any atom is -0.454 e. The monoisotopic (exact) mass is 382 g/mol. The topological polar surface area (TPSA) is 52.1 Å². The number of ether oxygens (including phenoxy) is 1. The van der Waals surface area contributed by atoms with Crippen LogP contribution < -0.4 is 0 Å². The van der Waals surface area contributed by atoms with Crippen molar-refractivity contribution >= 4 is 5.97 Å². The molecule has 1 unspecified atom stereocenters. The van der Waals surface area contributed by atoms with Crippen molar-refractivity contribution in [1.82, 2.24) is 9.97 Å². The van der Waals surface area contributed by atoms with Gasteiger partial charge in [0.1, 0.15) is 11.9 Å². The molecule has 0 N–H and O–H groups in total. The molecule has 0 bridgehead atoms. The molecule has 0 aliphatic heterocycles. The van der Waals surface area contributed by atoms with Gasteiger partial charge in [0.25, 0.3) is 0 Å². The lowest BCUT2D eigenvalue weighted by Gasteiger charge is -2.17. The maximum Gasteiger partial charge on any atom is 0.341 e. The van der Waals surface area contributed by atoms with E-state index in [0.717, 1.165) is 37.1 Å². The summed E-state index contributed by atoms with van der Waals surface area (Å²) in [6.45, 7) is 6.42. The van der Waals surface area contributed by atoms with Gasteiger partial charge in [0.15, 0.2) is 0 Å². The van der Waals surface area contributed by atoms with Crippen LogP contribution >= 0.6 is 0 Å². The molecule has 2 rings (SSSR count). The molecule has 28 heavy (non-hydrogen) atoms. The number of aromatic nitrogens is 2. The van der Waals surface area contributed by atoms with Crippen LogP contribution in [-0.2, 0) is 17.6 Å². The number of nitrogens with zero attached hydrogens (tertiary/aromatic N) is 2. The van der Waals surface area contributed by atoms with E-state index in [1.54, 1.807) is 12.4 Å². The number of carbonyl (C=O) groups is 1. The summed E-state index contributed by atoms with van der Waals surface area (Å²) in [5.41, 5.74) is 2.77. The van der Waals surface area contributed by atoms with Gasteiger partial charge < -0.3 is 4.74 Å². The maximum atomic E-state index is 12.5. The summed E-state index contributed by atoms with van der Waals surface area (Å²) in [5.74, 6) is 0.432. The van der Waals surface area contributed by atoms with Gasteiger partial charge in [-0.25, -0.2) is 14.8 Å². The van der Waals surface area contributed by atoms with E-state index in [9.17, 15) is 4.79 Å². The van der Waals surface area contributed by atoms with Crippen molar-refractivity contribution in [2.45, 2.75) is 84.7 Å². The molecule has 0 amide bonds. The minimum atomic E-state index is -0.362. The third kappa shape index (κ3) is 7.06. The Bertz CT molecular complexity index is 696. The number of carbonyl (C=O) groups excluding carboxylic acids is 1. The standard InChI is InChI=1S/C24H34N2O2/c1-4-7-9-10-12-23-25-17-21(18-26-23)24(27)28-22(6-3)20-15-13-19(14-16-20)11-8-5-2/h13-18,22H,4-12H2,1-3H3. The van der Waals surface area contributed by atoms with Crippen LogP contribution in [0.3, 0.4) is 0 Å². The summed E-state index contributed by atoms with van der Waals surface area (Å²) < 4.78 is 5.73. The molecule has 0 saturated carbocycles. The zero-order valence-corrected chi connectivity index (χ0v) is 17.6. The van der Waals surface area contributed by atoms with Gasteiger partial charge in [-0.05, 0) is 36.8 Å². The Morgan fingerprint density at radius 1 is 0.893 bits per heavy atom. The van der Waals surface area contributed by atoms with Crippen LogP contribution in [0.5, 0.6) is 0 Å². The first-order valence-corrected chi connectivity index (χ1v) is 10.8. The largest absolute Gasteiger partial charge is 0.454 e. The van der Waals surface area contributed by atoms with E-state index in [1.165, 1.54) is 37.7 Å². The van der Waals surface area contributed by atoms with Crippen LogP contribution in [0.2, 0.25) is 0 Å². The van der Waals surface area contributed by atoms with Crippen molar-refractivity contribution in [2.24, 2.45) is 0 Å². The smallest absolute Gasteiger partial charge is 0.341 e. The summed E-state index contributed by atoms with van der Waals surface area (Å²) >= 11 is 0. The van der Waals surface area contributed by atoms with Crippen LogP contribution in [0.15, 0.2) is 36.7 Å². The molecule has 0 radical (unpaired) electrons. The molecule has 0 aliphatic rings. The summed E-state index contributed by atoms with van der Waals surface area (Å²) in [7, 11) is 0. The molecule has 1 aromatic heterocycles. The number of aryl methyl sites for hydroxylation is 2. The van der Waals surface area contributed by atoms with E-state index in [0.29, 0.717) is 5.56 Å². The fourth-order valence-corrected chi connectivity index (χ4v) is 3.16. The second-order valence-corrected chi connectivity index (χ2v) is 7.35. The Morgan fingerprint density at radius 3 is 2.18 bits per heavy atom. The Labute approximate surface area is 169 Å². The highest BCUT2D eigenvalue weighted by atomic mass is 16.5. The van der Waals surface area contributed by atoms with E-state index < -0.39 is 0 Å². The molecule has 4 heteroatoms. The van der Waals surface area contributed by atoms with Crippen LogP contribution in [0.25, 0.3) is 0 Å². The Morgan fingerprint density at radius 2 is 1.57 bits per heavy atom. The van der Waals surface area contributed by atoms with E-state index >= 15 is 0 Å². The summed E-state index contributed by atoms with van der Waals surface area (Å²) in [6, 6.07) is 8.42.